The zero-order valence-electron chi connectivity index (χ0n) is 10.7. The Morgan fingerprint density at radius 2 is 2.24 bits per heavy atom. The van der Waals surface area contributed by atoms with Crippen molar-refractivity contribution in [2.75, 3.05) is 13.7 Å². The van der Waals surface area contributed by atoms with Crippen molar-refractivity contribution >= 4 is 5.91 Å². The summed E-state index contributed by atoms with van der Waals surface area (Å²) in [6, 6.07) is 3.75. The second-order valence-corrected chi connectivity index (χ2v) is 4.43. The summed E-state index contributed by atoms with van der Waals surface area (Å²) in [6.07, 6.45) is 0.793. The molecule has 0 unspecified atom stereocenters. The van der Waals surface area contributed by atoms with Crippen molar-refractivity contribution in [2.24, 2.45) is 11.8 Å². The van der Waals surface area contributed by atoms with Gasteiger partial charge in [0.25, 0.3) is 5.91 Å². The smallest absolute Gasteiger partial charge is 0.281 e. The molecule has 1 aromatic rings. The molecule has 0 spiro atoms. The predicted molar refractivity (Wildman–Crippen MR) is 66.5 cm³/mol. The van der Waals surface area contributed by atoms with Gasteiger partial charge in [0.05, 0.1) is 6.61 Å². The summed E-state index contributed by atoms with van der Waals surface area (Å²) in [5.41, 5.74) is 3.87. The first-order chi connectivity index (χ1) is 8.10. The summed E-state index contributed by atoms with van der Waals surface area (Å²) < 4.78 is 7.07. The van der Waals surface area contributed by atoms with Gasteiger partial charge >= 0.3 is 0 Å². The number of methoxy groups -OCH3 is 1. The highest BCUT2D eigenvalue weighted by Gasteiger charge is 2.14. The predicted octanol–water partition coefficient (Wildman–Crippen LogP) is 0.936. The van der Waals surface area contributed by atoms with E-state index >= 15 is 0 Å². The fourth-order valence-corrected chi connectivity index (χ4v) is 1.79. The van der Waals surface area contributed by atoms with Gasteiger partial charge in [0, 0.05) is 25.8 Å². The fourth-order valence-electron chi connectivity index (χ4n) is 1.79. The molecule has 1 aromatic heterocycles. The van der Waals surface area contributed by atoms with E-state index in [9.17, 15) is 4.79 Å². The van der Waals surface area contributed by atoms with Crippen LogP contribution in [-0.4, -0.2) is 24.2 Å². The maximum Gasteiger partial charge on any atom is 0.281 e. The molecule has 0 aromatic carbocycles. The minimum Gasteiger partial charge on any atom is -0.384 e. The van der Waals surface area contributed by atoms with E-state index in [0.717, 1.165) is 18.7 Å². The Morgan fingerprint density at radius 1 is 1.53 bits per heavy atom. The largest absolute Gasteiger partial charge is 0.384 e. The number of hydrogen-bond acceptors (Lipinski definition) is 3. The Hall–Kier alpha value is -1.33. The quantitative estimate of drug-likeness (QED) is 0.441. The van der Waals surface area contributed by atoms with Crippen molar-refractivity contribution < 1.29 is 9.53 Å². The number of carbonyl (C=O) groups is 1. The second kappa shape index (κ2) is 6.42. The maximum atomic E-state index is 11.6. The molecule has 3 N–H and O–H groups in total. The van der Waals surface area contributed by atoms with Gasteiger partial charge in [0.1, 0.15) is 5.69 Å². The van der Waals surface area contributed by atoms with E-state index in [-0.39, 0.29) is 5.91 Å². The molecule has 0 atom stereocenters. The zero-order valence-corrected chi connectivity index (χ0v) is 10.7. The first-order valence-corrected chi connectivity index (χ1v) is 5.78. The summed E-state index contributed by atoms with van der Waals surface area (Å²) in [6.45, 7) is 5.68. The van der Waals surface area contributed by atoms with Gasteiger partial charge in [-0.3, -0.25) is 10.2 Å². The normalized spacial score (nSPS) is 10.9. The molecule has 0 bridgehead atoms. The van der Waals surface area contributed by atoms with Crippen LogP contribution in [0, 0.1) is 5.92 Å². The third kappa shape index (κ3) is 3.57. The van der Waals surface area contributed by atoms with Crippen LogP contribution in [-0.2, 0) is 17.7 Å². The van der Waals surface area contributed by atoms with Crippen LogP contribution in [0.15, 0.2) is 12.1 Å². The Morgan fingerprint density at radius 3 is 2.76 bits per heavy atom. The molecule has 5 heteroatoms. The molecular formula is C12H21N3O2. The van der Waals surface area contributed by atoms with Gasteiger partial charge in [-0.15, -0.1) is 0 Å². The first-order valence-electron chi connectivity index (χ1n) is 5.78. The lowest BCUT2D eigenvalue weighted by Gasteiger charge is -2.14. The van der Waals surface area contributed by atoms with Crippen LogP contribution in [0.4, 0.5) is 0 Å². The molecule has 0 aliphatic carbocycles. The average Bonchev–Trinajstić information content (AvgIpc) is 2.67. The molecule has 0 aliphatic heterocycles. The highest BCUT2D eigenvalue weighted by Crippen LogP contribution is 2.13. The Kier molecular flexibility index (Phi) is 5.18. The van der Waals surface area contributed by atoms with Crippen LogP contribution in [0.1, 0.15) is 30.0 Å². The highest BCUT2D eigenvalue weighted by atomic mass is 16.5. The van der Waals surface area contributed by atoms with Gasteiger partial charge in [-0.05, 0) is 18.1 Å². The van der Waals surface area contributed by atoms with E-state index in [1.54, 1.807) is 13.2 Å². The SMILES string of the molecule is COCCc1ccc(C(=O)NN)n1CC(C)C. The average molecular weight is 239 g/mol. The van der Waals surface area contributed by atoms with E-state index in [2.05, 4.69) is 19.3 Å². The molecule has 96 valence electrons. The minimum atomic E-state index is -0.255. The zero-order chi connectivity index (χ0) is 12.8. The summed E-state index contributed by atoms with van der Waals surface area (Å²) in [5, 5.41) is 0. The van der Waals surface area contributed by atoms with Crippen molar-refractivity contribution in [3.63, 3.8) is 0 Å². The molecule has 0 radical (unpaired) electrons. The second-order valence-electron chi connectivity index (χ2n) is 4.43. The minimum absolute atomic E-state index is 0.255. The van der Waals surface area contributed by atoms with Crippen LogP contribution in [0.2, 0.25) is 0 Å². The number of hydrogen-bond donors (Lipinski definition) is 2. The molecule has 1 heterocycles. The Labute approximate surface area is 102 Å². The number of amides is 1. The molecule has 0 fully saturated rings. The fraction of sp³-hybridized carbons (Fsp3) is 0.583. The molecule has 0 saturated carbocycles. The number of aromatic nitrogens is 1. The van der Waals surface area contributed by atoms with Crippen LogP contribution >= 0.6 is 0 Å². The number of hydrazine groups is 1. The van der Waals surface area contributed by atoms with Crippen LogP contribution in [0.5, 0.6) is 0 Å². The van der Waals surface area contributed by atoms with Gasteiger partial charge < -0.3 is 9.30 Å². The number of nitrogens with one attached hydrogen (secondary N) is 1. The Balaban J connectivity index is 2.97. The summed E-state index contributed by atoms with van der Waals surface area (Å²) in [4.78, 5) is 11.6. The number of carbonyl (C=O) groups excluding carboxylic acids is 1. The summed E-state index contributed by atoms with van der Waals surface area (Å²) in [5.74, 6) is 5.39. The lowest BCUT2D eigenvalue weighted by atomic mass is 10.2. The van der Waals surface area contributed by atoms with Crippen LogP contribution < -0.4 is 11.3 Å². The van der Waals surface area contributed by atoms with Gasteiger partial charge in [0.15, 0.2) is 0 Å². The third-order valence-corrected chi connectivity index (χ3v) is 2.54. The first kappa shape index (κ1) is 13.7. The van der Waals surface area contributed by atoms with Gasteiger partial charge in [-0.1, -0.05) is 13.8 Å². The number of nitrogens with zero attached hydrogens (tertiary/aromatic N) is 1. The van der Waals surface area contributed by atoms with Crippen molar-refractivity contribution in [1.29, 1.82) is 0 Å². The Bertz CT molecular complexity index is 372. The van der Waals surface area contributed by atoms with Crippen molar-refractivity contribution in [3.8, 4) is 0 Å². The summed E-state index contributed by atoms with van der Waals surface area (Å²) in [7, 11) is 1.67. The van der Waals surface area contributed by atoms with E-state index in [4.69, 9.17) is 10.6 Å². The van der Waals surface area contributed by atoms with E-state index in [1.165, 1.54) is 0 Å². The maximum absolute atomic E-state index is 11.6. The van der Waals surface area contributed by atoms with Crippen LogP contribution in [0.3, 0.4) is 0 Å². The molecular weight excluding hydrogens is 218 g/mol. The number of nitrogens with two attached hydrogens (primary N) is 1. The van der Waals surface area contributed by atoms with E-state index in [1.807, 2.05) is 10.6 Å². The van der Waals surface area contributed by atoms with Crippen molar-refractivity contribution in [3.05, 3.63) is 23.5 Å². The molecule has 1 amide bonds. The highest BCUT2D eigenvalue weighted by molar-refractivity contribution is 5.92. The number of ether oxygens (including phenoxy) is 1. The van der Waals surface area contributed by atoms with E-state index in [0.29, 0.717) is 18.2 Å². The third-order valence-electron chi connectivity index (χ3n) is 2.54. The molecule has 0 aliphatic rings. The van der Waals surface area contributed by atoms with Gasteiger partial charge in [-0.25, -0.2) is 5.84 Å². The lowest BCUT2D eigenvalue weighted by molar-refractivity contribution is 0.0943. The topological polar surface area (TPSA) is 69.3 Å². The van der Waals surface area contributed by atoms with Crippen molar-refractivity contribution in [2.45, 2.75) is 26.8 Å². The lowest BCUT2D eigenvalue weighted by Crippen LogP contribution is -2.32. The molecule has 0 saturated heterocycles. The molecule has 17 heavy (non-hydrogen) atoms. The number of rotatable bonds is 6. The standard InChI is InChI=1S/C12H21N3O2/c1-9(2)8-15-10(6-7-17-3)4-5-11(15)12(16)14-13/h4-5,9H,6-8,13H2,1-3H3,(H,14,16). The van der Waals surface area contributed by atoms with Crippen LogP contribution in [0.25, 0.3) is 0 Å². The molecule has 1 rings (SSSR count). The van der Waals surface area contributed by atoms with Gasteiger partial charge in [0.2, 0.25) is 0 Å². The monoisotopic (exact) mass is 239 g/mol. The molecule has 5 nitrogen and oxygen atoms in total. The van der Waals surface area contributed by atoms with E-state index < -0.39 is 0 Å². The van der Waals surface area contributed by atoms with Crippen molar-refractivity contribution in [1.82, 2.24) is 9.99 Å². The number of nitrogen functional groups attached to an aromatic ring is 1. The summed E-state index contributed by atoms with van der Waals surface area (Å²) >= 11 is 0. The van der Waals surface area contributed by atoms with Gasteiger partial charge in [-0.2, -0.15) is 0 Å².